The van der Waals surface area contributed by atoms with E-state index in [0.29, 0.717) is 98.2 Å². The highest BCUT2D eigenvalue weighted by atomic mass is 35.5. The Kier molecular flexibility index (Phi) is 25.6. The fourth-order valence-electron chi connectivity index (χ4n) is 8.78. The summed E-state index contributed by atoms with van der Waals surface area (Å²) < 4.78 is 31.8. The number of hydrogen-bond donors (Lipinski definition) is 0. The van der Waals surface area contributed by atoms with E-state index < -0.39 is 0 Å². The minimum atomic E-state index is -0.167. The predicted octanol–water partition coefficient (Wildman–Crippen LogP) is 8.01. The van der Waals surface area contributed by atoms with Gasteiger partial charge in [-0.25, -0.2) is 13.7 Å². The molecule has 9 rings (SSSR count). The van der Waals surface area contributed by atoms with Crippen LogP contribution < -0.4 is 13.7 Å². The molecule has 424 valence electrons. The van der Waals surface area contributed by atoms with Crippen molar-refractivity contribution in [1.82, 2.24) is 15.0 Å². The van der Waals surface area contributed by atoms with Crippen molar-refractivity contribution < 1.29 is 66.2 Å². The van der Waals surface area contributed by atoms with Gasteiger partial charge >= 0.3 is 0 Å². The zero-order chi connectivity index (χ0) is 58.5. The normalized spacial score (nSPS) is 14.4. The van der Waals surface area contributed by atoms with Crippen LogP contribution in [0.3, 0.4) is 0 Å². The Balaban J connectivity index is 0.000000201. The SMILES string of the molecule is CCC(CCl)OC.CCC(CCl)OC.CCC(C[n+]1ccc2c(c1)C(=O)c1cc[n+](CC(CC)OC)cc1C2=O)OC.CCC(C[n+]1ccc2c(c1)C(=O)c1ccncc1C2=O)OC.O=C1c2ccncc2C(=O)c2ccncc21. The lowest BCUT2D eigenvalue weighted by Crippen LogP contribution is -2.43. The molecule has 3 aliphatic rings. The molecular weight excluding hydrogens is 1060 g/mol. The van der Waals surface area contributed by atoms with Gasteiger partial charge in [0.2, 0.25) is 17.3 Å². The lowest BCUT2D eigenvalue weighted by molar-refractivity contribution is -0.704. The Hall–Kier alpha value is -6.70. The molecule has 0 radical (unpaired) electrons. The Bertz CT molecular complexity index is 2900. The number of carbonyl (C=O) groups is 6. The number of halogens is 2. The second-order valence-electron chi connectivity index (χ2n) is 18.8. The summed E-state index contributed by atoms with van der Waals surface area (Å²) in [6, 6.07) is 9.90. The van der Waals surface area contributed by atoms with Gasteiger partial charge < -0.3 is 23.7 Å². The fourth-order valence-corrected chi connectivity index (χ4v) is 9.47. The van der Waals surface area contributed by atoms with Crippen LogP contribution in [0.15, 0.2) is 111 Å². The highest BCUT2D eigenvalue weighted by molar-refractivity contribution is 6.29. The first-order valence-electron chi connectivity index (χ1n) is 26.6. The third-order valence-electron chi connectivity index (χ3n) is 14.0. The molecule has 0 aliphatic heterocycles. The summed E-state index contributed by atoms with van der Waals surface area (Å²) in [5.41, 5.74) is 5.03. The second-order valence-corrected chi connectivity index (χ2v) is 19.4. The average Bonchev–Trinajstić information content (AvgIpc) is 3.52. The number of rotatable bonds is 18. The number of methoxy groups -OCH3 is 5. The molecule has 0 amide bonds. The van der Waals surface area contributed by atoms with E-state index >= 15 is 0 Å². The van der Waals surface area contributed by atoms with Crippen LogP contribution in [0.2, 0.25) is 0 Å². The van der Waals surface area contributed by atoms with Gasteiger partial charge in [-0.3, -0.25) is 43.7 Å². The van der Waals surface area contributed by atoms with Gasteiger partial charge in [0.05, 0.1) is 45.6 Å². The lowest BCUT2D eigenvalue weighted by Gasteiger charge is -2.16. The molecule has 17 nitrogen and oxygen atoms in total. The summed E-state index contributed by atoms with van der Waals surface area (Å²) in [5, 5.41) is 0. The van der Waals surface area contributed by atoms with Gasteiger partial charge in [-0.2, -0.15) is 0 Å². The summed E-state index contributed by atoms with van der Waals surface area (Å²) in [5.74, 6) is 0.362. The standard InChI is InChI=1S/C22H28N2O4.C17H17N2O3.C12H6N2O2.2C5H11ClO/c1-5-15(27-3)11-23-9-7-17-19(13-23)21(25)18-8-10-24(12-16(6-2)28-4)14-20(18)22(17)26;1-3-11(22-2)9-19-7-5-13-15(10-19)17(21)12-4-6-18-8-14(12)16(13)20;15-11-7-1-3-13-5-9(7)12(16)8-2-4-14-6-10(8)11;2*1-3-5(4-6)7-2/h7-10,13-16H,5-6,11-12H2,1-4H3;4-8,10-11H,3,9H2,1-2H3;1-6H;2*5H,3-4H2,1-2H3/q+2;+1;;;. The molecule has 0 aromatic carbocycles. The summed E-state index contributed by atoms with van der Waals surface area (Å²) in [4.78, 5) is 86.9. The first-order chi connectivity index (χ1) is 38.6. The Morgan fingerprint density at radius 3 is 0.775 bits per heavy atom. The summed E-state index contributed by atoms with van der Waals surface area (Å²) >= 11 is 10.9. The minimum Gasteiger partial charge on any atom is -0.380 e. The molecule has 0 N–H and O–H groups in total. The number of alkyl halides is 2. The molecule has 0 saturated carbocycles. The van der Waals surface area contributed by atoms with Crippen molar-refractivity contribution in [1.29, 1.82) is 0 Å². The molecule has 0 spiro atoms. The molecule has 0 saturated heterocycles. The monoisotopic (exact) mass is 1140 g/mol. The van der Waals surface area contributed by atoms with Crippen LogP contribution in [0, 0.1) is 0 Å². The highest BCUT2D eigenvalue weighted by Gasteiger charge is 2.36. The van der Waals surface area contributed by atoms with Crippen molar-refractivity contribution in [2.45, 2.75) is 117 Å². The Morgan fingerprint density at radius 2 is 0.575 bits per heavy atom. The van der Waals surface area contributed by atoms with Crippen molar-refractivity contribution in [3.63, 3.8) is 0 Å². The minimum absolute atomic E-state index is 0.0657. The lowest BCUT2D eigenvalue weighted by atomic mass is 9.86. The van der Waals surface area contributed by atoms with E-state index in [-0.39, 0.29) is 65.2 Å². The van der Waals surface area contributed by atoms with Gasteiger partial charge in [0.15, 0.2) is 74.2 Å². The van der Waals surface area contributed by atoms with Gasteiger partial charge in [-0.15, -0.1) is 23.2 Å². The van der Waals surface area contributed by atoms with E-state index in [1.54, 1.807) is 90.5 Å². The zero-order valence-corrected chi connectivity index (χ0v) is 48.8. The van der Waals surface area contributed by atoms with Crippen LogP contribution in [-0.2, 0) is 43.3 Å². The fraction of sp³-hybridized carbons (Fsp3) is 0.410. The highest BCUT2D eigenvalue weighted by Crippen LogP contribution is 2.28. The quantitative estimate of drug-likeness (QED) is 0.0591. The van der Waals surface area contributed by atoms with Gasteiger partial charge in [0.1, 0.15) is 18.3 Å². The van der Waals surface area contributed by atoms with E-state index in [1.165, 1.54) is 37.2 Å². The van der Waals surface area contributed by atoms with Gasteiger partial charge in [0.25, 0.3) is 0 Å². The molecule has 6 heterocycles. The number of pyridine rings is 6. The van der Waals surface area contributed by atoms with Crippen LogP contribution in [0.25, 0.3) is 0 Å². The average molecular weight is 1140 g/mol. The van der Waals surface area contributed by atoms with Gasteiger partial charge in [0, 0.05) is 136 Å². The largest absolute Gasteiger partial charge is 0.380 e. The second kappa shape index (κ2) is 31.9. The number of carbonyl (C=O) groups excluding carboxylic acids is 6. The maximum atomic E-state index is 13.0. The Labute approximate surface area is 478 Å². The smallest absolute Gasteiger partial charge is 0.200 e. The van der Waals surface area contributed by atoms with Crippen LogP contribution in [0.5, 0.6) is 0 Å². The Morgan fingerprint density at radius 1 is 0.350 bits per heavy atom. The summed E-state index contributed by atoms with van der Waals surface area (Å²) in [6.45, 7) is 12.2. The van der Waals surface area contributed by atoms with Crippen molar-refractivity contribution in [2.75, 3.05) is 47.3 Å². The third kappa shape index (κ3) is 15.8. The number of nitrogens with zero attached hydrogens (tertiary/aromatic N) is 6. The molecule has 6 aromatic rings. The zero-order valence-electron chi connectivity index (χ0n) is 47.3. The molecule has 5 unspecified atom stereocenters. The van der Waals surface area contributed by atoms with Crippen molar-refractivity contribution in [3.8, 4) is 0 Å². The van der Waals surface area contributed by atoms with Gasteiger partial charge in [-0.1, -0.05) is 34.6 Å². The van der Waals surface area contributed by atoms with Gasteiger partial charge in [-0.05, 0) is 50.3 Å². The van der Waals surface area contributed by atoms with Crippen molar-refractivity contribution >= 4 is 57.9 Å². The molecular formula is C61H73Cl2N6O11+3. The van der Waals surface area contributed by atoms with Crippen LogP contribution in [0.4, 0.5) is 0 Å². The maximum absolute atomic E-state index is 13.0. The van der Waals surface area contributed by atoms with Crippen LogP contribution >= 0.6 is 23.2 Å². The predicted molar refractivity (Wildman–Crippen MR) is 300 cm³/mol. The molecule has 0 bridgehead atoms. The molecule has 3 aliphatic carbocycles. The number of aromatic nitrogens is 6. The molecule has 6 aromatic heterocycles. The number of hydrogen-bond acceptors (Lipinski definition) is 14. The van der Waals surface area contributed by atoms with E-state index in [4.69, 9.17) is 46.9 Å². The molecule has 5 atom stereocenters. The summed E-state index contributed by atoms with van der Waals surface area (Å²) in [7, 11) is 8.39. The molecule has 19 heteroatoms. The van der Waals surface area contributed by atoms with Crippen molar-refractivity contribution in [2.24, 2.45) is 0 Å². The number of fused-ring (bicyclic) bond motifs is 6. The van der Waals surface area contributed by atoms with Crippen molar-refractivity contribution in [3.05, 3.63) is 178 Å². The molecule has 0 fully saturated rings. The van der Waals surface area contributed by atoms with Crippen LogP contribution in [-0.4, -0.2) is 127 Å². The first-order valence-corrected chi connectivity index (χ1v) is 27.7. The number of ether oxygens (including phenoxy) is 5. The maximum Gasteiger partial charge on any atom is 0.200 e. The van der Waals surface area contributed by atoms with E-state index in [0.717, 1.165) is 32.1 Å². The molecule has 80 heavy (non-hydrogen) atoms. The number of ketones is 6. The van der Waals surface area contributed by atoms with E-state index in [2.05, 4.69) is 42.6 Å². The van der Waals surface area contributed by atoms with E-state index in [9.17, 15) is 28.8 Å². The third-order valence-corrected chi connectivity index (χ3v) is 14.7. The summed E-state index contributed by atoms with van der Waals surface area (Å²) in [6.07, 6.45) is 24.9. The van der Waals surface area contributed by atoms with E-state index in [1.807, 2.05) is 39.2 Å². The first kappa shape index (κ1) is 64.1. The topological polar surface area (TPSA) is 199 Å². The van der Waals surface area contributed by atoms with Crippen LogP contribution in [0.1, 0.15) is 162 Å².